The van der Waals surface area contributed by atoms with Crippen molar-refractivity contribution in [3.8, 4) is 0 Å². The quantitative estimate of drug-likeness (QED) is 0.216. The molecule has 0 bridgehead atoms. The van der Waals surface area contributed by atoms with Crippen molar-refractivity contribution in [2.45, 2.75) is 59.4 Å². The van der Waals surface area contributed by atoms with E-state index < -0.39 is 0 Å². The number of nitrogens with one attached hydrogen (secondary N) is 3. The third-order valence-electron chi connectivity index (χ3n) is 4.82. The number of guanidine groups is 1. The van der Waals surface area contributed by atoms with Crippen molar-refractivity contribution in [3.05, 3.63) is 0 Å². The Hall–Kier alpha value is -0.570. The second-order valence-corrected chi connectivity index (χ2v) is 7.59. The summed E-state index contributed by atoms with van der Waals surface area (Å²) in [6, 6.07) is 0.525. The lowest BCUT2D eigenvalue weighted by atomic mass is 10.0. The fourth-order valence-corrected chi connectivity index (χ4v) is 3.21. The van der Waals surface area contributed by atoms with Crippen LogP contribution in [0.1, 0.15) is 53.4 Å². The predicted octanol–water partition coefficient (Wildman–Crippen LogP) is 2.44. The summed E-state index contributed by atoms with van der Waals surface area (Å²) < 4.78 is 0. The number of halogens is 1. The van der Waals surface area contributed by atoms with Crippen LogP contribution in [0.15, 0.2) is 4.99 Å². The first kappa shape index (κ1) is 25.4. The van der Waals surface area contributed by atoms with Crippen LogP contribution >= 0.6 is 24.0 Å². The summed E-state index contributed by atoms with van der Waals surface area (Å²) in [5.74, 6) is 1.52. The number of carbonyl (C=O) groups excluding carboxylic acids is 1. The molecule has 1 amide bonds. The van der Waals surface area contributed by atoms with Gasteiger partial charge in [-0.3, -0.25) is 14.7 Å². The summed E-state index contributed by atoms with van der Waals surface area (Å²) in [6.45, 7) is 13.0. The lowest BCUT2D eigenvalue weighted by Gasteiger charge is -2.34. The first-order valence-corrected chi connectivity index (χ1v) is 9.92. The number of rotatable bonds is 8. The Morgan fingerprint density at radius 2 is 1.54 bits per heavy atom. The van der Waals surface area contributed by atoms with E-state index in [2.05, 4.69) is 39.7 Å². The van der Waals surface area contributed by atoms with Crippen molar-refractivity contribution in [1.29, 1.82) is 0 Å². The minimum Gasteiger partial charge on any atom is -0.355 e. The van der Waals surface area contributed by atoms with E-state index in [1.165, 1.54) is 38.8 Å². The van der Waals surface area contributed by atoms with E-state index in [-0.39, 0.29) is 35.8 Å². The zero-order chi connectivity index (χ0) is 18.7. The molecule has 26 heavy (non-hydrogen) atoms. The number of hydrogen-bond donors (Lipinski definition) is 3. The summed E-state index contributed by atoms with van der Waals surface area (Å²) in [4.78, 5) is 18.5. The monoisotopic (exact) mass is 481 g/mol. The number of nitrogens with zero attached hydrogens (tertiary/aromatic N) is 2. The molecule has 1 rings (SSSR count). The molecule has 1 saturated heterocycles. The normalized spacial score (nSPS) is 17.4. The van der Waals surface area contributed by atoms with Crippen molar-refractivity contribution in [2.75, 3.05) is 39.8 Å². The molecule has 7 heteroatoms. The second kappa shape index (κ2) is 14.5. The Morgan fingerprint density at radius 1 is 0.962 bits per heavy atom. The second-order valence-electron chi connectivity index (χ2n) is 7.59. The van der Waals surface area contributed by atoms with Crippen LogP contribution < -0.4 is 16.0 Å². The molecule has 1 aliphatic heterocycles. The molecule has 1 heterocycles. The molecule has 0 saturated carbocycles. The third-order valence-corrected chi connectivity index (χ3v) is 4.82. The van der Waals surface area contributed by atoms with Crippen molar-refractivity contribution in [1.82, 2.24) is 20.9 Å². The Labute approximate surface area is 177 Å². The highest BCUT2D eigenvalue weighted by molar-refractivity contribution is 14.0. The highest BCUT2D eigenvalue weighted by atomic mass is 127. The molecule has 1 unspecified atom stereocenters. The van der Waals surface area contributed by atoms with Crippen molar-refractivity contribution in [3.63, 3.8) is 0 Å². The minimum atomic E-state index is 0. The largest absolute Gasteiger partial charge is 0.355 e. The summed E-state index contributed by atoms with van der Waals surface area (Å²) in [6.07, 6.45) is 5.34. The number of hydrogen-bond acceptors (Lipinski definition) is 3. The van der Waals surface area contributed by atoms with Gasteiger partial charge in [0, 0.05) is 38.6 Å². The van der Waals surface area contributed by atoms with Crippen LogP contribution in [0, 0.1) is 11.8 Å². The predicted molar refractivity (Wildman–Crippen MR) is 121 cm³/mol. The summed E-state index contributed by atoms with van der Waals surface area (Å²) in [5.41, 5.74) is 0. The van der Waals surface area contributed by atoms with Crippen LogP contribution in [0.5, 0.6) is 0 Å². The summed E-state index contributed by atoms with van der Waals surface area (Å²) in [5, 5.41) is 9.65. The first-order valence-electron chi connectivity index (χ1n) is 9.92. The van der Waals surface area contributed by atoms with Gasteiger partial charge in [0.15, 0.2) is 5.96 Å². The zero-order valence-corrected chi connectivity index (χ0v) is 19.6. The Balaban J connectivity index is 0.00000625. The molecule has 1 aliphatic rings. The standard InChI is InChI=1S/C19H39N5O.HI/c1-15(2)17(24-12-8-6-7-9-13-24)14-23-19(20-5)22-11-10-21-18(25)16(3)4;/h15-17H,6-14H2,1-5H3,(H,21,25)(H2,20,22,23);1H. The van der Waals surface area contributed by atoms with Crippen LogP contribution in [0.25, 0.3) is 0 Å². The van der Waals surface area contributed by atoms with Crippen molar-refractivity contribution in [2.24, 2.45) is 16.8 Å². The van der Waals surface area contributed by atoms with Crippen LogP contribution in [-0.2, 0) is 4.79 Å². The molecule has 0 spiro atoms. The number of carbonyl (C=O) groups is 1. The molecule has 0 aliphatic carbocycles. The first-order chi connectivity index (χ1) is 12.0. The lowest BCUT2D eigenvalue weighted by Crippen LogP contribution is -2.50. The van der Waals surface area contributed by atoms with Gasteiger partial charge in [-0.2, -0.15) is 0 Å². The maximum absolute atomic E-state index is 11.6. The summed E-state index contributed by atoms with van der Waals surface area (Å²) in [7, 11) is 1.79. The van der Waals surface area contributed by atoms with Gasteiger partial charge in [-0.15, -0.1) is 24.0 Å². The third kappa shape index (κ3) is 9.94. The number of aliphatic imine (C=N–C) groups is 1. The molecular formula is C19H40IN5O. The van der Waals surface area contributed by atoms with Crippen molar-refractivity contribution < 1.29 is 4.79 Å². The average molecular weight is 481 g/mol. The molecule has 0 aromatic rings. The fraction of sp³-hybridized carbons (Fsp3) is 0.895. The molecule has 0 aromatic carbocycles. The molecule has 0 aromatic heterocycles. The average Bonchev–Trinajstić information content (AvgIpc) is 2.85. The number of likely N-dealkylation sites (tertiary alicyclic amines) is 1. The van der Waals surface area contributed by atoms with E-state index in [1.807, 2.05) is 13.8 Å². The van der Waals surface area contributed by atoms with Crippen LogP contribution in [-0.4, -0.2) is 62.6 Å². The van der Waals surface area contributed by atoms with E-state index in [0.717, 1.165) is 12.5 Å². The van der Waals surface area contributed by atoms with Gasteiger partial charge in [-0.05, 0) is 31.8 Å². The zero-order valence-electron chi connectivity index (χ0n) is 17.3. The lowest BCUT2D eigenvalue weighted by molar-refractivity contribution is -0.123. The van der Waals surface area contributed by atoms with Crippen LogP contribution in [0.2, 0.25) is 0 Å². The summed E-state index contributed by atoms with van der Waals surface area (Å²) >= 11 is 0. The SMILES string of the molecule is CN=C(NCCNC(=O)C(C)C)NCC(C(C)C)N1CCCCCC1.I. The van der Waals surface area contributed by atoms with Gasteiger partial charge in [-0.1, -0.05) is 40.5 Å². The molecular weight excluding hydrogens is 441 g/mol. The van der Waals surface area contributed by atoms with Gasteiger partial charge in [-0.25, -0.2) is 0 Å². The van der Waals surface area contributed by atoms with Crippen LogP contribution in [0.3, 0.4) is 0 Å². The van der Waals surface area contributed by atoms with Gasteiger partial charge < -0.3 is 16.0 Å². The van der Waals surface area contributed by atoms with Gasteiger partial charge >= 0.3 is 0 Å². The van der Waals surface area contributed by atoms with Gasteiger partial charge in [0.1, 0.15) is 0 Å². The molecule has 154 valence electrons. The highest BCUT2D eigenvalue weighted by Gasteiger charge is 2.22. The fourth-order valence-electron chi connectivity index (χ4n) is 3.21. The maximum Gasteiger partial charge on any atom is 0.222 e. The topological polar surface area (TPSA) is 68.8 Å². The molecule has 0 radical (unpaired) electrons. The molecule has 3 N–H and O–H groups in total. The molecule has 1 fully saturated rings. The molecule has 6 nitrogen and oxygen atoms in total. The Morgan fingerprint density at radius 3 is 2.04 bits per heavy atom. The van der Waals surface area contributed by atoms with Crippen LogP contribution in [0.4, 0.5) is 0 Å². The van der Waals surface area contributed by atoms with E-state index in [0.29, 0.717) is 25.0 Å². The smallest absolute Gasteiger partial charge is 0.222 e. The van der Waals surface area contributed by atoms with Gasteiger partial charge in [0.2, 0.25) is 5.91 Å². The highest BCUT2D eigenvalue weighted by Crippen LogP contribution is 2.16. The van der Waals surface area contributed by atoms with E-state index in [1.54, 1.807) is 7.05 Å². The van der Waals surface area contributed by atoms with Crippen molar-refractivity contribution >= 4 is 35.8 Å². The van der Waals surface area contributed by atoms with Gasteiger partial charge in [0.25, 0.3) is 0 Å². The molecule has 1 atom stereocenters. The van der Waals surface area contributed by atoms with E-state index in [4.69, 9.17) is 0 Å². The van der Waals surface area contributed by atoms with Gasteiger partial charge in [0.05, 0.1) is 0 Å². The number of amides is 1. The minimum absolute atomic E-state index is 0. The Bertz CT molecular complexity index is 407. The van der Waals surface area contributed by atoms with E-state index >= 15 is 0 Å². The van der Waals surface area contributed by atoms with E-state index in [9.17, 15) is 4.79 Å². The maximum atomic E-state index is 11.6. The Kier molecular flexibility index (Phi) is 14.2.